The lowest BCUT2D eigenvalue weighted by molar-refractivity contribution is -0.383. The summed E-state index contributed by atoms with van der Waals surface area (Å²) in [6.45, 7) is 1.52. The number of aromatic nitrogens is 2. The zero-order valence-electron chi connectivity index (χ0n) is 22.4. The summed E-state index contributed by atoms with van der Waals surface area (Å²) in [5.74, 6) is -0.677. The van der Waals surface area contributed by atoms with E-state index in [2.05, 4.69) is 19.4 Å². The van der Waals surface area contributed by atoms with Gasteiger partial charge in [0.25, 0.3) is 0 Å². The van der Waals surface area contributed by atoms with Gasteiger partial charge >= 0.3 is 11.7 Å². The second kappa shape index (κ2) is 10.6. The van der Waals surface area contributed by atoms with Gasteiger partial charge in [-0.25, -0.2) is 9.78 Å². The summed E-state index contributed by atoms with van der Waals surface area (Å²) in [5, 5.41) is 12.3. The van der Waals surface area contributed by atoms with Crippen molar-refractivity contribution in [3.63, 3.8) is 0 Å². The van der Waals surface area contributed by atoms with Gasteiger partial charge in [0.05, 0.1) is 40.6 Å². The Bertz CT molecular complexity index is 1360. The predicted molar refractivity (Wildman–Crippen MR) is 149 cm³/mol. The molecule has 0 bridgehead atoms. The maximum Gasteiger partial charge on any atom is 0.342 e. The molecule has 0 radical (unpaired) electrons. The normalized spacial score (nSPS) is 18.4. The number of imidazole rings is 1. The zero-order chi connectivity index (χ0) is 27.0. The minimum atomic E-state index is -0.677. The number of methoxy groups -OCH3 is 1. The molecule has 38 heavy (non-hydrogen) atoms. The number of nitrogens with two attached hydrogens (primary N) is 1. The number of anilines is 2. The van der Waals surface area contributed by atoms with E-state index < -0.39 is 10.9 Å². The minimum Gasteiger partial charge on any atom is -0.465 e. The molecule has 2 aliphatic rings. The van der Waals surface area contributed by atoms with E-state index in [9.17, 15) is 14.9 Å². The largest absolute Gasteiger partial charge is 0.465 e. The van der Waals surface area contributed by atoms with Crippen molar-refractivity contribution in [2.75, 3.05) is 44.9 Å². The Morgan fingerprint density at radius 1 is 1.18 bits per heavy atom. The van der Waals surface area contributed by atoms with Crippen LogP contribution in [0.25, 0.3) is 22.2 Å². The van der Waals surface area contributed by atoms with Gasteiger partial charge in [-0.3, -0.25) is 10.1 Å². The van der Waals surface area contributed by atoms with Crippen LogP contribution in [-0.2, 0) is 4.74 Å². The quantitative estimate of drug-likeness (QED) is 0.200. The van der Waals surface area contributed by atoms with Gasteiger partial charge in [-0.1, -0.05) is 25.3 Å². The number of likely N-dealkylation sites (N-methyl/N-ethyl adjacent to an activating group) is 1. The number of nitro benzene ring substituents is 1. The zero-order valence-corrected chi connectivity index (χ0v) is 22.4. The summed E-state index contributed by atoms with van der Waals surface area (Å²) in [6, 6.07) is 8.10. The van der Waals surface area contributed by atoms with Crippen LogP contribution in [0.2, 0.25) is 0 Å². The Morgan fingerprint density at radius 3 is 2.63 bits per heavy atom. The molecule has 1 atom stereocenters. The van der Waals surface area contributed by atoms with Crippen LogP contribution in [0.4, 0.5) is 17.1 Å². The van der Waals surface area contributed by atoms with Crippen LogP contribution in [0, 0.1) is 10.1 Å². The molecule has 10 nitrogen and oxygen atoms in total. The maximum atomic E-state index is 12.9. The molecular formula is C28H36N6O4. The van der Waals surface area contributed by atoms with E-state index in [-0.39, 0.29) is 23.0 Å². The molecule has 5 rings (SSSR count). The molecule has 2 fully saturated rings. The highest BCUT2D eigenvalue weighted by Gasteiger charge is 2.35. The molecule has 1 aromatic heterocycles. The van der Waals surface area contributed by atoms with Crippen LogP contribution < -0.4 is 10.6 Å². The van der Waals surface area contributed by atoms with Crippen molar-refractivity contribution in [3.8, 4) is 11.1 Å². The Morgan fingerprint density at radius 2 is 1.95 bits per heavy atom. The highest BCUT2D eigenvalue weighted by Crippen LogP contribution is 2.45. The van der Waals surface area contributed by atoms with Crippen molar-refractivity contribution in [3.05, 3.63) is 46.3 Å². The molecule has 0 spiro atoms. The van der Waals surface area contributed by atoms with Crippen molar-refractivity contribution >= 4 is 34.1 Å². The number of nitrogen functional groups attached to an aromatic ring is 1. The topological polar surface area (TPSA) is 120 Å². The van der Waals surface area contributed by atoms with Crippen LogP contribution in [0.15, 0.2) is 30.6 Å². The number of hydrogen-bond donors (Lipinski definition) is 1. The molecule has 0 amide bonds. The number of nitro groups is 1. The molecule has 1 saturated carbocycles. The van der Waals surface area contributed by atoms with E-state index in [1.54, 1.807) is 6.07 Å². The van der Waals surface area contributed by atoms with Crippen LogP contribution in [0.1, 0.15) is 61.3 Å². The van der Waals surface area contributed by atoms with E-state index in [4.69, 9.17) is 10.5 Å². The molecule has 2 aromatic carbocycles. The van der Waals surface area contributed by atoms with Gasteiger partial charge in [-0.15, -0.1) is 0 Å². The van der Waals surface area contributed by atoms with E-state index in [0.29, 0.717) is 22.9 Å². The SMILES string of the molecule is COC(=O)c1c(N2CCCC2CN(C)C)cc(-c2ccc3c(c2)ncn3C2CCCCC2)c([N+](=O)[O-])c1N. The fourth-order valence-electron chi connectivity index (χ4n) is 6.25. The van der Waals surface area contributed by atoms with Gasteiger partial charge in [-0.05, 0) is 63.5 Å². The van der Waals surface area contributed by atoms with Crippen LogP contribution in [0.3, 0.4) is 0 Å². The number of ether oxygens (including phenoxy) is 1. The number of nitrogens with zero attached hydrogens (tertiary/aromatic N) is 5. The van der Waals surface area contributed by atoms with Crippen molar-refractivity contribution in [2.24, 2.45) is 0 Å². The average Bonchev–Trinajstić information content (AvgIpc) is 3.54. The Balaban J connectivity index is 1.66. The summed E-state index contributed by atoms with van der Waals surface area (Å²) in [4.78, 5) is 33.6. The number of carbonyl (C=O) groups is 1. The molecule has 2 heterocycles. The van der Waals surface area contributed by atoms with Crippen molar-refractivity contribution in [1.29, 1.82) is 0 Å². The summed E-state index contributed by atoms with van der Waals surface area (Å²) < 4.78 is 7.28. The predicted octanol–water partition coefficient (Wildman–Crippen LogP) is 5.02. The molecule has 1 saturated heterocycles. The van der Waals surface area contributed by atoms with E-state index in [0.717, 1.165) is 49.8 Å². The first-order chi connectivity index (χ1) is 18.3. The van der Waals surface area contributed by atoms with Crippen LogP contribution >= 0.6 is 0 Å². The lowest BCUT2D eigenvalue weighted by atomic mass is 9.95. The van der Waals surface area contributed by atoms with Crippen molar-refractivity contribution in [2.45, 2.75) is 57.0 Å². The molecule has 3 aromatic rings. The fourth-order valence-corrected chi connectivity index (χ4v) is 6.25. The number of carbonyl (C=O) groups excluding carboxylic acids is 1. The summed E-state index contributed by atoms with van der Waals surface area (Å²) >= 11 is 0. The number of esters is 1. The van der Waals surface area contributed by atoms with E-state index >= 15 is 0 Å². The van der Waals surface area contributed by atoms with Gasteiger partial charge < -0.3 is 24.8 Å². The highest BCUT2D eigenvalue weighted by molar-refractivity contribution is 6.06. The number of rotatable bonds is 7. The van der Waals surface area contributed by atoms with E-state index in [1.807, 2.05) is 38.6 Å². The Hall–Kier alpha value is -3.66. The molecular weight excluding hydrogens is 484 g/mol. The summed E-state index contributed by atoms with van der Waals surface area (Å²) in [5.41, 5.74) is 9.42. The lowest BCUT2D eigenvalue weighted by Gasteiger charge is -2.31. The first kappa shape index (κ1) is 26.0. The third-order valence-electron chi connectivity index (χ3n) is 8.01. The second-order valence-corrected chi connectivity index (χ2v) is 10.7. The Kier molecular flexibility index (Phi) is 7.25. The van der Waals surface area contributed by atoms with Crippen molar-refractivity contribution in [1.82, 2.24) is 14.5 Å². The molecule has 1 unspecified atom stereocenters. The number of fused-ring (bicyclic) bond motifs is 1. The van der Waals surface area contributed by atoms with Crippen LogP contribution in [0.5, 0.6) is 0 Å². The van der Waals surface area contributed by atoms with Gasteiger partial charge in [0.15, 0.2) is 0 Å². The fraction of sp³-hybridized carbons (Fsp3) is 0.500. The first-order valence-corrected chi connectivity index (χ1v) is 13.4. The highest BCUT2D eigenvalue weighted by atomic mass is 16.6. The molecule has 1 aliphatic carbocycles. The third kappa shape index (κ3) is 4.69. The third-order valence-corrected chi connectivity index (χ3v) is 8.01. The molecule has 2 N–H and O–H groups in total. The van der Waals surface area contributed by atoms with E-state index in [1.165, 1.54) is 26.4 Å². The first-order valence-electron chi connectivity index (χ1n) is 13.4. The molecule has 1 aliphatic heterocycles. The number of hydrogen-bond acceptors (Lipinski definition) is 8. The van der Waals surface area contributed by atoms with Crippen LogP contribution in [-0.4, -0.2) is 65.7 Å². The van der Waals surface area contributed by atoms with Gasteiger partial charge in [0, 0.05) is 25.2 Å². The molecule has 202 valence electrons. The smallest absolute Gasteiger partial charge is 0.342 e. The monoisotopic (exact) mass is 520 g/mol. The maximum absolute atomic E-state index is 12.9. The van der Waals surface area contributed by atoms with Gasteiger partial charge in [-0.2, -0.15) is 0 Å². The minimum absolute atomic E-state index is 0.0521. The molecule has 10 heteroatoms. The van der Waals surface area contributed by atoms with Gasteiger partial charge in [0.2, 0.25) is 0 Å². The number of benzene rings is 2. The average molecular weight is 521 g/mol. The summed E-state index contributed by atoms with van der Waals surface area (Å²) in [6.07, 6.45) is 9.77. The van der Waals surface area contributed by atoms with Gasteiger partial charge in [0.1, 0.15) is 11.3 Å². The summed E-state index contributed by atoms with van der Waals surface area (Å²) in [7, 11) is 5.28. The Labute approximate surface area is 222 Å². The second-order valence-electron chi connectivity index (χ2n) is 10.7. The van der Waals surface area contributed by atoms with Crippen molar-refractivity contribution < 1.29 is 14.5 Å². The lowest BCUT2D eigenvalue weighted by Crippen LogP contribution is -2.38. The standard InChI is InChI=1S/C28H36N6O4/c1-31(2)16-20-10-7-13-32(20)24-15-21(27(34(36)37)26(29)25(24)28(35)38-3)18-11-12-23-22(14-18)30-17-33(23)19-8-5-4-6-9-19/h11-12,14-15,17,19-20H,4-10,13,16,29H2,1-3H3.